The lowest BCUT2D eigenvalue weighted by atomic mass is 9.59. The second-order valence-corrected chi connectivity index (χ2v) is 10.1. The molecular formula is C31H32ClNO4. The first-order valence-corrected chi connectivity index (χ1v) is 13.0. The molecule has 3 atom stereocenters. The third-order valence-corrected chi connectivity index (χ3v) is 7.94. The van der Waals surface area contributed by atoms with Crippen molar-refractivity contribution in [2.75, 3.05) is 0 Å². The quantitative estimate of drug-likeness (QED) is 0.289. The van der Waals surface area contributed by atoms with Crippen LogP contribution in [0.2, 0.25) is 5.02 Å². The van der Waals surface area contributed by atoms with Gasteiger partial charge in [0.1, 0.15) is 0 Å². The summed E-state index contributed by atoms with van der Waals surface area (Å²) >= 11 is 6.33. The Hall–Kier alpha value is -3.57. The maximum absolute atomic E-state index is 13.3. The number of carboxylic acid groups (broad SMARTS) is 2. The molecule has 192 valence electrons. The van der Waals surface area contributed by atoms with Gasteiger partial charge in [0.25, 0.3) is 0 Å². The van der Waals surface area contributed by atoms with E-state index in [1.807, 2.05) is 50.2 Å². The van der Waals surface area contributed by atoms with Gasteiger partial charge in [-0.05, 0) is 55.0 Å². The summed E-state index contributed by atoms with van der Waals surface area (Å²) in [4.78, 5) is 26.0. The Bertz CT molecular complexity index is 1250. The highest BCUT2D eigenvalue weighted by molar-refractivity contribution is 6.30. The van der Waals surface area contributed by atoms with Gasteiger partial charge in [0.2, 0.25) is 0 Å². The molecule has 0 aromatic heterocycles. The predicted octanol–water partition coefficient (Wildman–Crippen LogP) is 6.85. The number of aliphatic carboxylic acids is 2. The lowest BCUT2D eigenvalue weighted by molar-refractivity contribution is -0.153. The molecular weight excluding hydrogens is 486 g/mol. The van der Waals surface area contributed by atoms with Crippen molar-refractivity contribution in [3.05, 3.63) is 118 Å². The molecule has 0 saturated heterocycles. The summed E-state index contributed by atoms with van der Waals surface area (Å²) in [6.07, 6.45) is 1.24. The molecule has 6 heteroatoms. The second-order valence-electron chi connectivity index (χ2n) is 9.66. The fraction of sp³-hybridized carbons (Fsp3) is 0.290. The fourth-order valence-electron chi connectivity index (χ4n) is 5.90. The van der Waals surface area contributed by atoms with Crippen molar-refractivity contribution in [2.45, 2.75) is 51.0 Å². The van der Waals surface area contributed by atoms with E-state index in [1.165, 1.54) is 0 Å². The van der Waals surface area contributed by atoms with Crippen molar-refractivity contribution >= 4 is 23.5 Å². The van der Waals surface area contributed by atoms with Crippen LogP contribution in [-0.2, 0) is 9.59 Å². The van der Waals surface area contributed by atoms with Crippen molar-refractivity contribution in [2.24, 2.45) is 5.41 Å². The van der Waals surface area contributed by atoms with Crippen LogP contribution in [0.15, 0.2) is 96.2 Å². The first kappa shape index (κ1) is 26.5. The summed E-state index contributed by atoms with van der Waals surface area (Å²) in [5.41, 5.74) is 2.02. The SMILES string of the molecule is CCC1=C(C(=O)O)C(c2cccc(Cl)c2)C(CCC(c2ccccc2)c2ccccc2)(C(=O)O)C(C)N1. The minimum atomic E-state index is -1.42. The van der Waals surface area contributed by atoms with Gasteiger partial charge in [-0.3, -0.25) is 4.79 Å². The van der Waals surface area contributed by atoms with Crippen LogP contribution in [0, 0.1) is 5.41 Å². The minimum Gasteiger partial charge on any atom is -0.481 e. The Morgan fingerprint density at radius 2 is 1.54 bits per heavy atom. The zero-order chi connectivity index (χ0) is 26.6. The van der Waals surface area contributed by atoms with Crippen molar-refractivity contribution in [3.63, 3.8) is 0 Å². The van der Waals surface area contributed by atoms with E-state index in [1.54, 1.807) is 24.3 Å². The van der Waals surface area contributed by atoms with Crippen LogP contribution in [0.3, 0.4) is 0 Å². The Morgan fingerprint density at radius 3 is 2.03 bits per heavy atom. The van der Waals surface area contributed by atoms with E-state index >= 15 is 0 Å². The molecule has 0 amide bonds. The monoisotopic (exact) mass is 517 g/mol. The van der Waals surface area contributed by atoms with Gasteiger partial charge >= 0.3 is 11.9 Å². The zero-order valence-corrected chi connectivity index (χ0v) is 21.8. The standard InChI is InChI=1S/C31H32ClNO4/c1-3-26-27(29(34)35)28(23-15-10-16-24(32)19-23)31(30(36)37,20(2)33-26)18-17-25(21-11-6-4-7-12-21)22-13-8-5-9-14-22/h4-16,19-20,25,28,33H,3,17-18H2,1-2H3,(H,34,35)(H,36,37). The van der Waals surface area contributed by atoms with E-state index in [2.05, 4.69) is 29.6 Å². The third kappa shape index (κ3) is 5.14. The highest BCUT2D eigenvalue weighted by atomic mass is 35.5. The third-order valence-electron chi connectivity index (χ3n) is 7.71. The number of rotatable bonds is 9. The normalized spacial score (nSPS) is 21.5. The Labute approximate surface area is 222 Å². The smallest absolute Gasteiger partial charge is 0.333 e. The molecule has 0 radical (unpaired) electrons. The second kappa shape index (κ2) is 11.2. The van der Waals surface area contributed by atoms with Crippen LogP contribution in [-0.4, -0.2) is 28.2 Å². The molecule has 1 aliphatic heterocycles. The van der Waals surface area contributed by atoms with Crippen LogP contribution < -0.4 is 5.32 Å². The number of carboxylic acids is 2. The lowest BCUT2D eigenvalue weighted by Crippen LogP contribution is -2.56. The van der Waals surface area contributed by atoms with Crippen LogP contribution in [0.25, 0.3) is 0 Å². The highest BCUT2D eigenvalue weighted by Crippen LogP contribution is 2.52. The molecule has 37 heavy (non-hydrogen) atoms. The maximum atomic E-state index is 13.3. The zero-order valence-electron chi connectivity index (χ0n) is 21.0. The first-order valence-electron chi connectivity index (χ1n) is 12.6. The number of hydrogen-bond donors (Lipinski definition) is 3. The number of benzene rings is 3. The van der Waals surface area contributed by atoms with E-state index in [9.17, 15) is 19.8 Å². The van der Waals surface area contributed by atoms with Gasteiger partial charge in [0, 0.05) is 28.6 Å². The number of carbonyl (C=O) groups is 2. The lowest BCUT2D eigenvalue weighted by Gasteiger charge is -2.48. The number of allylic oxidation sites excluding steroid dienone is 1. The number of halogens is 1. The van der Waals surface area contributed by atoms with Gasteiger partial charge in [-0.25, -0.2) is 4.79 Å². The molecule has 1 aliphatic rings. The van der Waals surface area contributed by atoms with Gasteiger partial charge in [-0.2, -0.15) is 0 Å². The summed E-state index contributed by atoms with van der Waals surface area (Å²) in [5, 5.41) is 24.9. The van der Waals surface area contributed by atoms with E-state index < -0.39 is 29.3 Å². The molecule has 0 saturated carbocycles. The Balaban J connectivity index is 1.87. The largest absolute Gasteiger partial charge is 0.481 e. The molecule has 3 aromatic rings. The maximum Gasteiger partial charge on any atom is 0.333 e. The summed E-state index contributed by atoms with van der Waals surface area (Å²) in [7, 11) is 0. The molecule has 3 aromatic carbocycles. The number of hydrogen-bond acceptors (Lipinski definition) is 3. The highest BCUT2D eigenvalue weighted by Gasteiger charge is 2.56. The van der Waals surface area contributed by atoms with E-state index in [0.717, 1.165) is 11.1 Å². The van der Waals surface area contributed by atoms with Gasteiger partial charge in [-0.1, -0.05) is 91.3 Å². The molecule has 3 N–H and O–H groups in total. The molecule has 0 bridgehead atoms. The predicted molar refractivity (Wildman–Crippen MR) is 146 cm³/mol. The van der Waals surface area contributed by atoms with Crippen LogP contribution in [0.4, 0.5) is 0 Å². The molecule has 3 unspecified atom stereocenters. The summed E-state index contributed by atoms with van der Waals surface area (Å²) in [6.45, 7) is 3.72. The van der Waals surface area contributed by atoms with Crippen LogP contribution in [0.5, 0.6) is 0 Å². The van der Waals surface area contributed by atoms with E-state index in [0.29, 0.717) is 29.1 Å². The summed E-state index contributed by atoms with van der Waals surface area (Å²) < 4.78 is 0. The average Bonchev–Trinajstić information content (AvgIpc) is 2.90. The molecule has 0 spiro atoms. The topological polar surface area (TPSA) is 86.6 Å². The first-order chi connectivity index (χ1) is 17.8. The van der Waals surface area contributed by atoms with Gasteiger partial charge in [0.15, 0.2) is 0 Å². The van der Waals surface area contributed by atoms with Gasteiger partial charge < -0.3 is 15.5 Å². The van der Waals surface area contributed by atoms with E-state index in [4.69, 9.17) is 11.6 Å². The minimum absolute atomic E-state index is 0.0457. The van der Waals surface area contributed by atoms with E-state index in [-0.39, 0.29) is 17.9 Å². The average molecular weight is 518 g/mol. The van der Waals surface area contributed by atoms with Crippen LogP contribution >= 0.6 is 11.6 Å². The Morgan fingerprint density at radius 1 is 0.946 bits per heavy atom. The van der Waals surface area contributed by atoms with Crippen molar-refractivity contribution < 1.29 is 19.8 Å². The molecule has 5 nitrogen and oxygen atoms in total. The summed E-state index contributed by atoms with van der Waals surface area (Å²) in [5.74, 6) is -3.06. The summed E-state index contributed by atoms with van der Waals surface area (Å²) in [6, 6.07) is 26.5. The van der Waals surface area contributed by atoms with Crippen molar-refractivity contribution in [1.82, 2.24) is 5.32 Å². The van der Waals surface area contributed by atoms with Gasteiger partial charge in [0.05, 0.1) is 11.0 Å². The molecule has 0 aliphatic carbocycles. The fourth-order valence-corrected chi connectivity index (χ4v) is 6.10. The van der Waals surface area contributed by atoms with Gasteiger partial charge in [-0.15, -0.1) is 0 Å². The van der Waals surface area contributed by atoms with Crippen molar-refractivity contribution in [3.8, 4) is 0 Å². The molecule has 0 fully saturated rings. The molecule has 1 heterocycles. The molecule has 4 rings (SSSR count). The Kier molecular flexibility index (Phi) is 8.03. The van der Waals surface area contributed by atoms with Crippen molar-refractivity contribution in [1.29, 1.82) is 0 Å². The van der Waals surface area contributed by atoms with Crippen LogP contribution in [0.1, 0.15) is 61.6 Å². The number of nitrogens with one attached hydrogen (secondary N) is 1.